The third kappa shape index (κ3) is 4.89. The van der Waals surface area contributed by atoms with Crippen molar-refractivity contribution in [1.82, 2.24) is 5.32 Å². The van der Waals surface area contributed by atoms with Crippen LogP contribution in [0.25, 0.3) is 0 Å². The molecule has 0 heterocycles. The lowest BCUT2D eigenvalue weighted by molar-refractivity contribution is 0.0950. The molecule has 140 valence electrons. The van der Waals surface area contributed by atoms with Crippen molar-refractivity contribution in [3.05, 3.63) is 53.1 Å². The Morgan fingerprint density at radius 3 is 2.27 bits per heavy atom. The van der Waals surface area contributed by atoms with Crippen LogP contribution in [0.15, 0.2) is 36.4 Å². The summed E-state index contributed by atoms with van der Waals surface area (Å²) >= 11 is 0. The second-order valence-corrected chi connectivity index (χ2v) is 5.54. The predicted molar refractivity (Wildman–Crippen MR) is 99.0 cm³/mol. The van der Waals surface area contributed by atoms with E-state index in [0.29, 0.717) is 42.6 Å². The van der Waals surface area contributed by atoms with E-state index in [1.165, 1.54) is 0 Å². The van der Waals surface area contributed by atoms with Crippen LogP contribution in [0.1, 0.15) is 28.4 Å². The Kier molecular flexibility index (Phi) is 7.29. The number of ether oxygens (including phenoxy) is 4. The number of carbonyl (C=O) groups is 1. The molecule has 2 aromatic rings. The van der Waals surface area contributed by atoms with Crippen molar-refractivity contribution < 1.29 is 23.7 Å². The summed E-state index contributed by atoms with van der Waals surface area (Å²) in [6.45, 7) is 3.30. The maximum absolute atomic E-state index is 12.5. The number of nitrogens with one attached hydrogen (secondary N) is 1. The normalized spacial score (nSPS) is 10.3. The number of hydrogen-bond donors (Lipinski definition) is 1. The summed E-state index contributed by atoms with van der Waals surface area (Å²) in [5.41, 5.74) is 2.31. The van der Waals surface area contributed by atoms with Crippen LogP contribution in [0, 0.1) is 0 Å². The van der Waals surface area contributed by atoms with E-state index in [4.69, 9.17) is 18.9 Å². The van der Waals surface area contributed by atoms with E-state index < -0.39 is 0 Å². The molecule has 2 rings (SSSR count). The van der Waals surface area contributed by atoms with Gasteiger partial charge in [-0.05, 0) is 42.8 Å². The summed E-state index contributed by atoms with van der Waals surface area (Å²) in [5.74, 6) is 1.82. The minimum absolute atomic E-state index is 0.166. The Balaban J connectivity index is 2.07. The van der Waals surface area contributed by atoms with Crippen molar-refractivity contribution >= 4 is 5.91 Å². The Morgan fingerprint density at radius 1 is 0.923 bits per heavy atom. The maximum atomic E-state index is 12.5. The van der Waals surface area contributed by atoms with Crippen molar-refractivity contribution in [3.63, 3.8) is 0 Å². The minimum Gasteiger partial charge on any atom is -0.496 e. The zero-order chi connectivity index (χ0) is 18.9. The van der Waals surface area contributed by atoms with Crippen LogP contribution in [0.5, 0.6) is 17.2 Å². The average Bonchev–Trinajstić information content (AvgIpc) is 2.69. The van der Waals surface area contributed by atoms with Gasteiger partial charge in [-0.2, -0.15) is 0 Å². The number of carbonyl (C=O) groups excluding carboxylic acids is 1. The Hall–Kier alpha value is -2.73. The maximum Gasteiger partial charge on any atom is 0.251 e. The van der Waals surface area contributed by atoms with Crippen LogP contribution >= 0.6 is 0 Å². The highest BCUT2D eigenvalue weighted by Crippen LogP contribution is 2.27. The molecule has 0 fully saturated rings. The fourth-order valence-electron chi connectivity index (χ4n) is 2.52. The molecule has 0 saturated heterocycles. The summed E-state index contributed by atoms with van der Waals surface area (Å²) in [6.07, 6.45) is 0. The molecule has 6 heteroatoms. The molecule has 0 radical (unpaired) electrons. The molecule has 0 aromatic heterocycles. The van der Waals surface area contributed by atoms with Crippen LogP contribution < -0.4 is 19.5 Å². The SMILES string of the molecule is CCOCc1cc(C(=O)NCc2ccc(OC)c(OC)c2)ccc1OC. The molecular weight excluding hydrogens is 334 g/mol. The van der Waals surface area contributed by atoms with E-state index in [9.17, 15) is 4.79 Å². The van der Waals surface area contributed by atoms with Gasteiger partial charge >= 0.3 is 0 Å². The molecule has 0 atom stereocenters. The lowest BCUT2D eigenvalue weighted by Crippen LogP contribution is -2.23. The van der Waals surface area contributed by atoms with Crippen LogP contribution in [0.4, 0.5) is 0 Å². The quantitative estimate of drug-likeness (QED) is 0.745. The lowest BCUT2D eigenvalue weighted by atomic mass is 10.1. The first-order valence-corrected chi connectivity index (χ1v) is 8.36. The van der Waals surface area contributed by atoms with Gasteiger partial charge < -0.3 is 24.3 Å². The second kappa shape index (κ2) is 9.68. The van der Waals surface area contributed by atoms with Crippen molar-refractivity contribution in [3.8, 4) is 17.2 Å². The Bertz CT molecular complexity index is 745. The van der Waals surface area contributed by atoms with Gasteiger partial charge in [-0.15, -0.1) is 0 Å². The molecule has 0 saturated carbocycles. The second-order valence-electron chi connectivity index (χ2n) is 5.54. The first-order valence-electron chi connectivity index (χ1n) is 8.36. The number of methoxy groups -OCH3 is 3. The summed E-state index contributed by atoms with van der Waals surface area (Å²) in [7, 11) is 4.77. The molecular formula is C20H25NO5. The van der Waals surface area contributed by atoms with Crippen molar-refractivity contribution in [2.45, 2.75) is 20.1 Å². The van der Waals surface area contributed by atoms with Gasteiger partial charge in [0.1, 0.15) is 5.75 Å². The van der Waals surface area contributed by atoms with Gasteiger partial charge in [0.2, 0.25) is 0 Å². The number of benzene rings is 2. The largest absolute Gasteiger partial charge is 0.496 e. The smallest absolute Gasteiger partial charge is 0.251 e. The summed E-state index contributed by atoms with van der Waals surface area (Å²) in [5, 5.41) is 2.91. The van der Waals surface area contributed by atoms with Gasteiger partial charge in [0, 0.05) is 24.3 Å². The van der Waals surface area contributed by atoms with Gasteiger partial charge in [-0.25, -0.2) is 0 Å². The third-order valence-electron chi connectivity index (χ3n) is 3.91. The predicted octanol–water partition coefficient (Wildman–Crippen LogP) is 3.18. The highest BCUT2D eigenvalue weighted by Gasteiger charge is 2.11. The summed E-state index contributed by atoms with van der Waals surface area (Å²) in [6, 6.07) is 10.8. The van der Waals surface area contributed by atoms with Gasteiger partial charge in [-0.1, -0.05) is 6.07 Å². The first kappa shape index (κ1) is 19.6. The highest BCUT2D eigenvalue weighted by molar-refractivity contribution is 5.94. The van der Waals surface area contributed by atoms with E-state index in [-0.39, 0.29) is 5.91 Å². The van der Waals surface area contributed by atoms with Gasteiger partial charge in [-0.3, -0.25) is 4.79 Å². The first-order chi connectivity index (χ1) is 12.6. The van der Waals surface area contributed by atoms with Crippen molar-refractivity contribution in [2.24, 2.45) is 0 Å². The van der Waals surface area contributed by atoms with E-state index in [0.717, 1.165) is 11.1 Å². The number of amides is 1. The fourth-order valence-corrected chi connectivity index (χ4v) is 2.52. The molecule has 0 aliphatic carbocycles. The number of hydrogen-bond acceptors (Lipinski definition) is 5. The molecule has 1 N–H and O–H groups in total. The highest BCUT2D eigenvalue weighted by atomic mass is 16.5. The monoisotopic (exact) mass is 359 g/mol. The van der Waals surface area contributed by atoms with Gasteiger partial charge in [0.25, 0.3) is 5.91 Å². The molecule has 0 spiro atoms. The van der Waals surface area contributed by atoms with Crippen LogP contribution in [0.2, 0.25) is 0 Å². The van der Waals surface area contributed by atoms with Gasteiger partial charge in [0.15, 0.2) is 11.5 Å². The third-order valence-corrected chi connectivity index (χ3v) is 3.91. The standard InChI is InChI=1S/C20H25NO5/c1-5-26-13-16-11-15(7-9-17(16)23-2)20(22)21-12-14-6-8-18(24-3)19(10-14)25-4/h6-11H,5,12-13H2,1-4H3,(H,21,22). The minimum atomic E-state index is -0.166. The lowest BCUT2D eigenvalue weighted by Gasteiger charge is -2.12. The zero-order valence-electron chi connectivity index (χ0n) is 15.6. The molecule has 0 aliphatic rings. The van der Waals surface area contributed by atoms with Crippen LogP contribution in [0.3, 0.4) is 0 Å². The topological polar surface area (TPSA) is 66.0 Å². The molecule has 2 aromatic carbocycles. The fraction of sp³-hybridized carbons (Fsp3) is 0.350. The average molecular weight is 359 g/mol. The van der Waals surface area contributed by atoms with E-state index in [2.05, 4.69) is 5.32 Å². The van der Waals surface area contributed by atoms with E-state index in [1.54, 1.807) is 39.5 Å². The zero-order valence-corrected chi connectivity index (χ0v) is 15.6. The molecule has 0 unspecified atom stereocenters. The van der Waals surface area contributed by atoms with Crippen LogP contribution in [-0.2, 0) is 17.9 Å². The molecule has 0 bridgehead atoms. The number of rotatable bonds is 9. The summed E-state index contributed by atoms with van der Waals surface area (Å²) in [4.78, 5) is 12.5. The Labute approximate surface area is 154 Å². The van der Waals surface area contributed by atoms with Gasteiger partial charge in [0.05, 0.1) is 27.9 Å². The van der Waals surface area contributed by atoms with Crippen LogP contribution in [-0.4, -0.2) is 33.8 Å². The van der Waals surface area contributed by atoms with Crippen molar-refractivity contribution in [2.75, 3.05) is 27.9 Å². The van der Waals surface area contributed by atoms with E-state index >= 15 is 0 Å². The van der Waals surface area contributed by atoms with E-state index in [1.807, 2.05) is 25.1 Å². The molecule has 6 nitrogen and oxygen atoms in total. The molecule has 0 aliphatic heterocycles. The Morgan fingerprint density at radius 2 is 1.62 bits per heavy atom. The molecule has 26 heavy (non-hydrogen) atoms. The summed E-state index contributed by atoms with van der Waals surface area (Å²) < 4.78 is 21.3. The van der Waals surface area contributed by atoms with Crippen molar-refractivity contribution in [1.29, 1.82) is 0 Å². The molecule has 1 amide bonds.